The van der Waals surface area contributed by atoms with Gasteiger partial charge in [0.15, 0.2) is 0 Å². The summed E-state index contributed by atoms with van der Waals surface area (Å²) in [4.78, 5) is 25.6. The number of hydrogen-bond acceptors (Lipinski definition) is 4. The molecule has 0 bridgehead atoms. The third-order valence-electron chi connectivity index (χ3n) is 3.58. The summed E-state index contributed by atoms with van der Waals surface area (Å²) in [5.41, 5.74) is 1.33. The van der Waals surface area contributed by atoms with Crippen molar-refractivity contribution in [2.75, 3.05) is 13.7 Å². The molecular formula is C17H20ClN3O3. The Kier molecular flexibility index (Phi) is 5.98. The molecule has 0 aliphatic carbocycles. The normalized spacial score (nSPS) is 10.7. The van der Waals surface area contributed by atoms with Gasteiger partial charge < -0.3 is 9.64 Å². The van der Waals surface area contributed by atoms with Crippen LogP contribution in [0.25, 0.3) is 0 Å². The van der Waals surface area contributed by atoms with Crippen LogP contribution in [0, 0.1) is 0 Å². The highest BCUT2D eigenvalue weighted by molar-refractivity contribution is 6.31. The predicted molar refractivity (Wildman–Crippen MR) is 91.0 cm³/mol. The Hall–Kier alpha value is -2.34. The lowest BCUT2D eigenvalue weighted by Gasteiger charge is -2.24. The van der Waals surface area contributed by atoms with E-state index in [9.17, 15) is 9.59 Å². The summed E-state index contributed by atoms with van der Waals surface area (Å²) >= 11 is 6.14. The number of nitrogens with zero attached hydrogens (tertiary/aromatic N) is 3. The van der Waals surface area contributed by atoms with E-state index < -0.39 is 5.97 Å². The second kappa shape index (κ2) is 7.97. The van der Waals surface area contributed by atoms with Crippen LogP contribution < -0.4 is 0 Å². The highest BCUT2D eigenvalue weighted by Gasteiger charge is 2.23. The molecular weight excluding hydrogens is 330 g/mol. The number of methoxy groups -OCH3 is 1. The highest BCUT2D eigenvalue weighted by atomic mass is 35.5. The van der Waals surface area contributed by atoms with Crippen molar-refractivity contribution in [2.45, 2.75) is 26.4 Å². The molecule has 1 aromatic carbocycles. The van der Waals surface area contributed by atoms with E-state index >= 15 is 0 Å². The Labute approximate surface area is 146 Å². The number of halogens is 1. The van der Waals surface area contributed by atoms with E-state index in [0.29, 0.717) is 17.1 Å². The topological polar surface area (TPSA) is 64.4 Å². The van der Waals surface area contributed by atoms with Gasteiger partial charge in [0.1, 0.15) is 6.54 Å². The number of ether oxygens (including phenoxy) is 1. The van der Waals surface area contributed by atoms with Gasteiger partial charge in [-0.15, -0.1) is 0 Å². The zero-order valence-electron chi connectivity index (χ0n) is 13.9. The van der Waals surface area contributed by atoms with E-state index in [2.05, 4.69) is 9.84 Å². The van der Waals surface area contributed by atoms with Gasteiger partial charge >= 0.3 is 5.97 Å². The van der Waals surface area contributed by atoms with Crippen LogP contribution in [0.1, 0.15) is 29.8 Å². The molecule has 7 heteroatoms. The molecule has 0 unspecified atom stereocenters. The molecule has 2 aromatic rings. The summed E-state index contributed by atoms with van der Waals surface area (Å²) in [6, 6.07) is 7.33. The number of rotatable bonds is 6. The highest BCUT2D eigenvalue weighted by Crippen LogP contribution is 2.16. The molecule has 0 N–H and O–H groups in total. The summed E-state index contributed by atoms with van der Waals surface area (Å²) in [5, 5.41) is 4.86. The van der Waals surface area contributed by atoms with Crippen LogP contribution in [0.5, 0.6) is 0 Å². The van der Waals surface area contributed by atoms with Crippen molar-refractivity contribution in [3.05, 3.63) is 52.8 Å². The molecule has 2 rings (SSSR count). The van der Waals surface area contributed by atoms with Gasteiger partial charge in [0.2, 0.25) is 0 Å². The van der Waals surface area contributed by atoms with Crippen molar-refractivity contribution in [3.8, 4) is 0 Å². The van der Waals surface area contributed by atoms with E-state index in [1.807, 2.05) is 38.1 Å². The van der Waals surface area contributed by atoms with Gasteiger partial charge in [-0.1, -0.05) is 29.8 Å². The first-order valence-corrected chi connectivity index (χ1v) is 7.93. The van der Waals surface area contributed by atoms with Crippen molar-refractivity contribution >= 4 is 23.5 Å². The zero-order valence-corrected chi connectivity index (χ0v) is 14.7. The summed E-state index contributed by atoms with van der Waals surface area (Å²) in [5.74, 6) is -0.721. The molecule has 1 heterocycles. The minimum absolute atomic E-state index is 0.0946. The molecule has 0 radical (unpaired) electrons. The molecule has 0 atom stereocenters. The average molecular weight is 350 g/mol. The Balaban J connectivity index is 2.14. The van der Waals surface area contributed by atoms with Gasteiger partial charge in [-0.25, -0.2) is 0 Å². The Morgan fingerprint density at radius 2 is 2.04 bits per heavy atom. The molecule has 24 heavy (non-hydrogen) atoms. The minimum atomic E-state index is -0.458. The van der Waals surface area contributed by atoms with E-state index in [1.54, 1.807) is 10.9 Å². The SMILES string of the molecule is COC(=O)CN(C(=O)c1cnn(Cc2ccccc2Cl)c1)C(C)C. The average Bonchev–Trinajstić information content (AvgIpc) is 3.02. The van der Waals surface area contributed by atoms with Crippen LogP contribution in [-0.4, -0.2) is 46.3 Å². The van der Waals surface area contributed by atoms with Crippen LogP contribution >= 0.6 is 11.6 Å². The number of carbonyl (C=O) groups is 2. The zero-order chi connectivity index (χ0) is 17.7. The van der Waals surface area contributed by atoms with Gasteiger partial charge in [-0.3, -0.25) is 14.3 Å². The van der Waals surface area contributed by atoms with Gasteiger partial charge in [-0.2, -0.15) is 5.10 Å². The molecule has 0 spiro atoms. The summed E-state index contributed by atoms with van der Waals surface area (Å²) in [6.45, 7) is 4.05. The van der Waals surface area contributed by atoms with E-state index in [4.69, 9.17) is 11.6 Å². The smallest absolute Gasteiger partial charge is 0.325 e. The fraction of sp³-hybridized carbons (Fsp3) is 0.353. The third kappa shape index (κ3) is 4.35. The molecule has 128 valence electrons. The molecule has 6 nitrogen and oxygen atoms in total. The maximum atomic E-state index is 12.6. The number of amides is 1. The van der Waals surface area contributed by atoms with Crippen molar-refractivity contribution in [2.24, 2.45) is 0 Å². The Morgan fingerprint density at radius 3 is 2.67 bits per heavy atom. The standard InChI is InChI=1S/C17H20ClN3O3/c1-12(2)21(11-16(22)24-3)17(23)14-8-19-20(10-14)9-13-6-4-5-7-15(13)18/h4-8,10,12H,9,11H2,1-3H3. The fourth-order valence-corrected chi connectivity index (χ4v) is 2.42. The summed E-state index contributed by atoms with van der Waals surface area (Å²) in [6.07, 6.45) is 3.14. The lowest BCUT2D eigenvalue weighted by atomic mass is 10.2. The van der Waals surface area contributed by atoms with Gasteiger partial charge in [0, 0.05) is 17.3 Å². The third-order valence-corrected chi connectivity index (χ3v) is 3.95. The van der Waals surface area contributed by atoms with Gasteiger partial charge in [0.05, 0.1) is 25.4 Å². The largest absolute Gasteiger partial charge is 0.468 e. The van der Waals surface area contributed by atoms with Gasteiger partial charge in [0.25, 0.3) is 5.91 Å². The van der Waals surface area contributed by atoms with Crippen LogP contribution in [0.3, 0.4) is 0 Å². The van der Waals surface area contributed by atoms with E-state index in [1.165, 1.54) is 18.2 Å². The number of carbonyl (C=O) groups excluding carboxylic acids is 2. The van der Waals surface area contributed by atoms with Crippen LogP contribution in [0.15, 0.2) is 36.7 Å². The van der Waals surface area contributed by atoms with Crippen molar-refractivity contribution in [3.63, 3.8) is 0 Å². The Bertz CT molecular complexity index is 727. The predicted octanol–water partition coefficient (Wildman–Crippen LogP) is 2.61. The number of hydrogen-bond donors (Lipinski definition) is 0. The second-order valence-corrected chi connectivity index (χ2v) is 6.03. The first-order valence-electron chi connectivity index (χ1n) is 7.56. The monoisotopic (exact) mass is 349 g/mol. The maximum Gasteiger partial charge on any atom is 0.325 e. The van der Waals surface area contributed by atoms with Crippen LogP contribution in [0.2, 0.25) is 5.02 Å². The number of benzene rings is 1. The lowest BCUT2D eigenvalue weighted by Crippen LogP contribution is -2.41. The number of esters is 1. The molecule has 1 amide bonds. The van der Waals surface area contributed by atoms with Crippen LogP contribution in [-0.2, 0) is 16.1 Å². The number of aromatic nitrogens is 2. The summed E-state index contributed by atoms with van der Waals surface area (Å²) in [7, 11) is 1.30. The molecule has 0 aliphatic heterocycles. The summed E-state index contributed by atoms with van der Waals surface area (Å²) < 4.78 is 6.29. The lowest BCUT2D eigenvalue weighted by molar-refractivity contribution is -0.141. The molecule has 0 saturated heterocycles. The van der Waals surface area contributed by atoms with E-state index in [0.717, 1.165) is 5.56 Å². The first-order chi connectivity index (χ1) is 11.4. The molecule has 0 fully saturated rings. The second-order valence-electron chi connectivity index (χ2n) is 5.62. The minimum Gasteiger partial charge on any atom is -0.468 e. The molecule has 1 aromatic heterocycles. The Morgan fingerprint density at radius 1 is 1.33 bits per heavy atom. The van der Waals surface area contributed by atoms with Crippen LogP contribution in [0.4, 0.5) is 0 Å². The quantitative estimate of drug-likeness (QED) is 0.752. The molecule has 0 saturated carbocycles. The van der Waals surface area contributed by atoms with Crippen molar-refractivity contribution < 1.29 is 14.3 Å². The van der Waals surface area contributed by atoms with Crippen molar-refractivity contribution in [1.29, 1.82) is 0 Å². The first kappa shape index (κ1) is 18.0. The maximum absolute atomic E-state index is 12.6. The van der Waals surface area contributed by atoms with E-state index in [-0.39, 0.29) is 18.5 Å². The van der Waals surface area contributed by atoms with Gasteiger partial charge in [-0.05, 0) is 25.5 Å². The fourth-order valence-electron chi connectivity index (χ4n) is 2.22. The molecule has 0 aliphatic rings. The van der Waals surface area contributed by atoms with Crippen molar-refractivity contribution in [1.82, 2.24) is 14.7 Å².